The van der Waals surface area contributed by atoms with Crippen molar-refractivity contribution in [1.82, 2.24) is 4.90 Å². The van der Waals surface area contributed by atoms with Crippen LogP contribution in [0.4, 0.5) is 11.4 Å². The van der Waals surface area contributed by atoms with E-state index in [1.165, 1.54) is 6.92 Å². The van der Waals surface area contributed by atoms with Gasteiger partial charge >= 0.3 is 0 Å². The Balaban J connectivity index is 1.87. The first-order valence-corrected chi connectivity index (χ1v) is 8.32. The highest BCUT2D eigenvalue weighted by Crippen LogP contribution is 2.14. The lowest BCUT2D eigenvalue weighted by Gasteiger charge is -2.19. The van der Waals surface area contributed by atoms with Gasteiger partial charge in [-0.15, -0.1) is 0 Å². The minimum atomic E-state index is -0.0279. The Hall–Kier alpha value is -2.82. The number of nitrogens with zero attached hydrogens (tertiary/aromatic N) is 2. The highest BCUT2D eigenvalue weighted by molar-refractivity contribution is 5.91. The van der Waals surface area contributed by atoms with Crippen LogP contribution in [0.5, 0.6) is 0 Å². The number of rotatable bonds is 7. The zero-order valence-corrected chi connectivity index (χ0v) is 15.0. The first-order valence-electron chi connectivity index (χ1n) is 8.32. The average molecular weight is 339 g/mol. The Morgan fingerprint density at radius 3 is 2.40 bits per heavy atom. The summed E-state index contributed by atoms with van der Waals surface area (Å²) in [6, 6.07) is 17.6. The number of hydrogen-bond donors (Lipinski definition) is 1. The van der Waals surface area contributed by atoms with Gasteiger partial charge in [0.2, 0.25) is 11.8 Å². The predicted octanol–water partition coefficient (Wildman–Crippen LogP) is 3.13. The van der Waals surface area contributed by atoms with Crippen LogP contribution in [0.15, 0.2) is 54.6 Å². The van der Waals surface area contributed by atoms with Crippen LogP contribution in [0, 0.1) is 0 Å². The molecule has 0 heterocycles. The Bertz CT molecular complexity index is 716. The van der Waals surface area contributed by atoms with Crippen LogP contribution < -0.4 is 10.2 Å². The maximum atomic E-state index is 12.2. The van der Waals surface area contributed by atoms with Gasteiger partial charge in [-0.3, -0.25) is 9.59 Å². The monoisotopic (exact) mass is 339 g/mol. The van der Waals surface area contributed by atoms with Crippen LogP contribution in [-0.2, 0) is 16.1 Å². The highest BCUT2D eigenvalue weighted by atomic mass is 16.2. The average Bonchev–Trinajstić information content (AvgIpc) is 2.60. The Labute approximate surface area is 149 Å². The second kappa shape index (κ2) is 8.87. The summed E-state index contributed by atoms with van der Waals surface area (Å²) >= 11 is 0. The van der Waals surface area contributed by atoms with Crippen molar-refractivity contribution in [1.29, 1.82) is 0 Å². The summed E-state index contributed by atoms with van der Waals surface area (Å²) in [5.41, 5.74) is 2.82. The van der Waals surface area contributed by atoms with Gasteiger partial charge in [-0.25, -0.2) is 0 Å². The van der Waals surface area contributed by atoms with Gasteiger partial charge in [0, 0.05) is 51.9 Å². The quantitative estimate of drug-likeness (QED) is 0.843. The van der Waals surface area contributed by atoms with E-state index >= 15 is 0 Å². The van der Waals surface area contributed by atoms with Crippen molar-refractivity contribution >= 4 is 23.2 Å². The van der Waals surface area contributed by atoms with Crippen LogP contribution in [-0.4, -0.2) is 37.4 Å². The van der Waals surface area contributed by atoms with Crippen LogP contribution in [0.3, 0.4) is 0 Å². The first kappa shape index (κ1) is 18.5. The van der Waals surface area contributed by atoms with Gasteiger partial charge in [-0.05, 0) is 29.8 Å². The van der Waals surface area contributed by atoms with Crippen LogP contribution in [0.25, 0.3) is 0 Å². The summed E-state index contributed by atoms with van der Waals surface area (Å²) in [6.45, 7) is 2.70. The Morgan fingerprint density at radius 2 is 1.72 bits per heavy atom. The van der Waals surface area contributed by atoms with E-state index in [-0.39, 0.29) is 11.8 Å². The maximum absolute atomic E-state index is 12.2. The van der Waals surface area contributed by atoms with Crippen molar-refractivity contribution in [3.8, 4) is 0 Å². The van der Waals surface area contributed by atoms with Crippen LogP contribution >= 0.6 is 0 Å². The smallest absolute Gasteiger partial charge is 0.226 e. The van der Waals surface area contributed by atoms with Gasteiger partial charge < -0.3 is 15.1 Å². The fourth-order valence-electron chi connectivity index (χ4n) is 2.44. The molecule has 0 radical (unpaired) electrons. The Morgan fingerprint density at radius 1 is 1.00 bits per heavy atom. The van der Waals surface area contributed by atoms with E-state index in [1.807, 2.05) is 61.6 Å². The second-order valence-corrected chi connectivity index (χ2v) is 6.13. The summed E-state index contributed by atoms with van der Waals surface area (Å²) in [5, 5.41) is 2.92. The van der Waals surface area contributed by atoms with Gasteiger partial charge in [0.05, 0.1) is 0 Å². The van der Waals surface area contributed by atoms with Gasteiger partial charge in [0.15, 0.2) is 0 Å². The van der Waals surface area contributed by atoms with Crippen molar-refractivity contribution < 1.29 is 9.59 Å². The molecule has 1 N–H and O–H groups in total. The van der Waals surface area contributed by atoms with E-state index in [1.54, 1.807) is 11.9 Å². The normalized spacial score (nSPS) is 10.2. The lowest BCUT2D eigenvalue weighted by molar-refractivity contribution is -0.128. The fourth-order valence-corrected chi connectivity index (χ4v) is 2.44. The zero-order valence-electron chi connectivity index (χ0n) is 15.0. The van der Waals surface area contributed by atoms with Crippen molar-refractivity contribution in [3.63, 3.8) is 0 Å². The summed E-state index contributed by atoms with van der Waals surface area (Å²) in [7, 11) is 3.73. The SMILES string of the molecule is CC(=O)N(C)Cc1cccc(NC(=O)CCN(C)c2ccccc2)c1. The molecule has 0 spiro atoms. The molecular weight excluding hydrogens is 314 g/mol. The molecule has 2 aromatic rings. The molecule has 0 aliphatic heterocycles. The standard InChI is InChI=1S/C20H25N3O2/c1-16(24)23(3)15-17-8-7-9-18(14-17)21-20(25)12-13-22(2)19-10-5-4-6-11-19/h4-11,14H,12-13,15H2,1-3H3,(H,21,25). The second-order valence-electron chi connectivity index (χ2n) is 6.13. The number of hydrogen-bond acceptors (Lipinski definition) is 3. The summed E-state index contributed by atoms with van der Waals surface area (Å²) in [5.74, 6) is -0.0155. The van der Waals surface area contributed by atoms with Crippen molar-refractivity contribution in [2.75, 3.05) is 30.9 Å². The summed E-state index contributed by atoms with van der Waals surface area (Å²) < 4.78 is 0. The van der Waals surface area contributed by atoms with Crippen molar-refractivity contribution in [2.24, 2.45) is 0 Å². The molecule has 2 amide bonds. The number of amides is 2. The molecule has 132 valence electrons. The molecule has 0 aromatic heterocycles. The first-order chi connectivity index (χ1) is 12.0. The Kier molecular flexibility index (Phi) is 6.57. The van der Waals surface area contributed by atoms with Gasteiger partial charge in [0.1, 0.15) is 0 Å². The molecule has 0 fully saturated rings. The molecule has 2 rings (SSSR count). The number of anilines is 2. The van der Waals surface area contributed by atoms with Gasteiger partial charge in [-0.2, -0.15) is 0 Å². The summed E-state index contributed by atoms with van der Waals surface area (Å²) in [6.07, 6.45) is 0.406. The molecule has 0 saturated heterocycles. The third-order valence-corrected chi connectivity index (χ3v) is 4.04. The third kappa shape index (κ3) is 5.95. The minimum absolute atomic E-state index is 0.0124. The van der Waals surface area contributed by atoms with Gasteiger partial charge in [-0.1, -0.05) is 30.3 Å². The molecule has 0 aliphatic carbocycles. The predicted molar refractivity (Wildman–Crippen MR) is 102 cm³/mol. The van der Waals surface area contributed by atoms with Crippen LogP contribution in [0.2, 0.25) is 0 Å². The van der Waals surface area contributed by atoms with E-state index in [9.17, 15) is 9.59 Å². The zero-order chi connectivity index (χ0) is 18.2. The fraction of sp³-hybridized carbons (Fsp3) is 0.300. The molecule has 5 heteroatoms. The molecule has 25 heavy (non-hydrogen) atoms. The number of nitrogens with one attached hydrogen (secondary N) is 1. The largest absolute Gasteiger partial charge is 0.374 e. The van der Waals surface area contributed by atoms with Crippen molar-refractivity contribution in [3.05, 3.63) is 60.2 Å². The molecular formula is C20H25N3O2. The topological polar surface area (TPSA) is 52.7 Å². The van der Waals surface area contributed by atoms with E-state index in [2.05, 4.69) is 10.2 Å². The lowest BCUT2D eigenvalue weighted by atomic mass is 10.2. The molecule has 2 aromatic carbocycles. The third-order valence-electron chi connectivity index (χ3n) is 4.04. The molecule has 0 atom stereocenters. The molecule has 5 nitrogen and oxygen atoms in total. The van der Waals surface area contributed by atoms with Gasteiger partial charge in [0.25, 0.3) is 0 Å². The molecule has 0 bridgehead atoms. The number of carbonyl (C=O) groups excluding carboxylic acids is 2. The van der Waals surface area contributed by atoms with E-state index in [4.69, 9.17) is 0 Å². The number of benzene rings is 2. The highest BCUT2D eigenvalue weighted by Gasteiger charge is 2.08. The van der Waals surface area contributed by atoms with E-state index in [0.29, 0.717) is 19.5 Å². The molecule has 0 aliphatic rings. The molecule has 0 saturated carbocycles. The number of carbonyl (C=O) groups is 2. The van der Waals surface area contributed by atoms with Crippen LogP contribution in [0.1, 0.15) is 18.9 Å². The number of para-hydroxylation sites is 1. The van der Waals surface area contributed by atoms with E-state index < -0.39 is 0 Å². The molecule has 0 unspecified atom stereocenters. The summed E-state index contributed by atoms with van der Waals surface area (Å²) in [4.78, 5) is 27.2. The van der Waals surface area contributed by atoms with E-state index in [0.717, 1.165) is 16.9 Å². The minimum Gasteiger partial charge on any atom is -0.374 e. The maximum Gasteiger partial charge on any atom is 0.226 e. The van der Waals surface area contributed by atoms with Crippen molar-refractivity contribution in [2.45, 2.75) is 19.9 Å². The lowest BCUT2D eigenvalue weighted by Crippen LogP contribution is -2.24.